The number of hydrogen-bond acceptors (Lipinski definition) is 5. The fraction of sp³-hybridized carbons (Fsp3) is 0.611. The van der Waals surface area contributed by atoms with Crippen LogP contribution in [0.5, 0.6) is 11.5 Å². The van der Waals surface area contributed by atoms with E-state index in [1.165, 1.54) is 0 Å². The number of guanidine groups is 1. The van der Waals surface area contributed by atoms with Gasteiger partial charge < -0.3 is 24.8 Å². The zero-order valence-corrected chi connectivity index (χ0v) is 15.1. The molecule has 25 heavy (non-hydrogen) atoms. The fourth-order valence-corrected chi connectivity index (χ4v) is 3.51. The predicted molar refractivity (Wildman–Crippen MR) is 97.2 cm³/mol. The smallest absolute Gasteiger partial charge is 0.193 e. The van der Waals surface area contributed by atoms with E-state index in [2.05, 4.69) is 20.1 Å². The fourth-order valence-electron chi connectivity index (χ4n) is 3.51. The van der Waals surface area contributed by atoms with Gasteiger partial charge in [-0.2, -0.15) is 0 Å². The highest BCUT2D eigenvalue weighted by molar-refractivity contribution is 5.80. The van der Waals surface area contributed by atoms with Gasteiger partial charge in [0, 0.05) is 51.4 Å². The Hall–Kier alpha value is -1.99. The topological polar surface area (TPSA) is 69.6 Å². The second kappa shape index (κ2) is 8.40. The van der Waals surface area contributed by atoms with E-state index >= 15 is 0 Å². The maximum absolute atomic E-state index is 10.0. The van der Waals surface area contributed by atoms with Crippen LogP contribution in [0, 0.1) is 0 Å². The quantitative estimate of drug-likeness (QED) is 0.622. The van der Waals surface area contributed by atoms with Crippen molar-refractivity contribution >= 4 is 5.96 Å². The molecule has 2 heterocycles. The number of rotatable bonds is 4. The lowest BCUT2D eigenvalue weighted by atomic mass is 10.2. The molecule has 1 unspecified atom stereocenters. The van der Waals surface area contributed by atoms with Gasteiger partial charge in [-0.25, -0.2) is 0 Å². The molecule has 0 bridgehead atoms. The largest absolute Gasteiger partial charge is 0.508 e. The van der Waals surface area contributed by atoms with Gasteiger partial charge in [0.25, 0.3) is 0 Å². The monoisotopic (exact) mass is 348 g/mol. The van der Waals surface area contributed by atoms with Gasteiger partial charge in [0.2, 0.25) is 0 Å². The molecule has 2 aliphatic rings. The van der Waals surface area contributed by atoms with Crippen molar-refractivity contribution in [3.05, 3.63) is 23.8 Å². The third kappa shape index (κ3) is 4.35. The first kappa shape index (κ1) is 17.8. The van der Waals surface area contributed by atoms with Crippen molar-refractivity contribution in [2.75, 3.05) is 53.6 Å². The lowest BCUT2D eigenvalue weighted by molar-refractivity contribution is 0.0195. The normalized spacial score (nSPS) is 22.2. The van der Waals surface area contributed by atoms with E-state index in [4.69, 9.17) is 9.47 Å². The zero-order chi connectivity index (χ0) is 17.6. The van der Waals surface area contributed by atoms with Crippen LogP contribution in [0.4, 0.5) is 0 Å². The molecule has 0 radical (unpaired) electrons. The van der Waals surface area contributed by atoms with Crippen molar-refractivity contribution in [2.24, 2.45) is 4.99 Å². The maximum Gasteiger partial charge on any atom is 0.193 e. The van der Waals surface area contributed by atoms with Crippen molar-refractivity contribution in [3.63, 3.8) is 0 Å². The molecule has 7 nitrogen and oxygen atoms in total. The summed E-state index contributed by atoms with van der Waals surface area (Å²) < 4.78 is 10.7. The Bertz CT molecular complexity index is 602. The van der Waals surface area contributed by atoms with Crippen LogP contribution >= 0.6 is 0 Å². The van der Waals surface area contributed by atoms with Gasteiger partial charge >= 0.3 is 0 Å². The molecule has 1 aromatic carbocycles. The number of ether oxygens (including phenoxy) is 2. The molecule has 2 N–H and O–H groups in total. The zero-order valence-electron chi connectivity index (χ0n) is 15.1. The molecule has 1 aromatic rings. The van der Waals surface area contributed by atoms with Crippen LogP contribution in [-0.2, 0) is 11.3 Å². The Morgan fingerprint density at radius 2 is 2.16 bits per heavy atom. The molecule has 2 saturated heterocycles. The average molecular weight is 348 g/mol. The van der Waals surface area contributed by atoms with Crippen LogP contribution in [-0.4, -0.2) is 80.5 Å². The second-order valence-electron chi connectivity index (χ2n) is 6.43. The van der Waals surface area contributed by atoms with Crippen LogP contribution in [0.2, 0.25) is 0 Å². The number of benzene rings is 1. The van der Waals surface area contributed by atoms with Crippen LogP contribution in [0.15, 0.2) is 23.2 Å². The van der Waals surface area contributed by atoms with E-state index in [1.54, 1.807) is 26.3 Å². The molecule has 138 valence electrons. The van der Waals surface area contributed by atoms with Crippen molar-refractivity contribution < 1.29 is 14.6 Å². The summed E-state index contributed by atoms with van der Waals surface area (Å²) >= 11 is 0. The number of nitrogens with zero attached hydrogens (tertiary/aromatic N) is 3. The van der Waals surface area contributed by atoms with Crippen molar-refractivity contribution in [1.29, 1.82) is 0 Å². The minimum absolute atomic E-state index is 0.261. The van der Waals surface area contributed by atoms with Crippen LogP contribution in [0.25, 0.3) is 0 Å². The van der Waals surface area contributed by atoms with Gasteiger partial charge in [-0.05, 0) is 24.6 Å². The lowest BCUT2D eigenvalue weighted by Gasteiger charge is -2.32. The van der Waals surface area contributed by atoms with Gasteiger partial charge in [0.1, 0.15) is 11.5 Å². The van der Waals surface area contributed by atoms with E-state index < -0.39 is 0 Å². The molecule has 0 aromatic heterocycles. The lowest BCUT2D eigenvalue weighted by Crippen LogP contribution is -2.46. The number of nitrogens with one attached hydrogen (secondary N) is 1. The van der Waals surface area contributed by atoms with Gasteiger partial charge in [0.15, 0.2) is 5.96 Å². The van der Waals surface area contributed by atoms with E-state index in [1.807, 2.05) is 6.07 Å². The molecule has 0 spiro atoms. The summed E-state index contributed by atoms with van der Waals surface area (Å²) in [6, 6.07) is 5.81. The number of phenolic OH excluding ortho intramolecular Hbond substituents is 1. The highest BCUT2D eigenvalue weighted by Crippen LogP contribution is 2.23. The Morgan fingerprint density at radius 1 is 1.36 bits per heavy atom. The summed E-state index contributed by atoms with van der Waals surface area (Å²) in [5.41, 5.74) is 0.796. The third-order valence-corrected chi connectivity index (χ3v) is 4.96. The number of morpholine rings is 1. The molecule has 1 atom stereocenters. The van der Waals surface area contributed by atoms with Crippen molar-refractivity contribution in [2.45, 2.75) is 19.0 Å². The summed E-state index contributed by atoms with van der Waals surface area (Å²) in [7, 11) is 3.42. The van der Waals surface area contributed by atoms with Gasteiger partial charge in [0.05, 0.1) is 20.3 Å². The summed E-state index contributed by atoms with van der Waals surface area (Å²) in [5.74, 6) is 1.87. The van der Waals surface area contributed by atoms with Crippen molar-refractivity contribution in [3.8, 4) is 11.5 Å². The first-order valence-corrected chi connectivity index (χ1v) is 8.84. The molecule has 3 rings (SSSR count). The Morgan fingerprint density at radius 3 is 2.88 bits per heavy atom. The molecule has 2 fully saturated rings. The maximum atomic E-state index is 10.0. The molecule has 0 amide bonds. The first-order valence-electron chi connectivity index (χ1n) is 8.84. The standard InChI is InChI=1S/C18H28N4O3/c1-19-18(20-12-14-11-16(24-2)3-4-17(14)23)22-6-5-15(13-22)21-7-9-25-10-8-21/h3-4,11,15,23H,5-10,12-13H2,1-2H3,(H,19,20). The van der Waals surface area contributed by atoms with E-state index in [9.17, 15) is 5.11 Å². The SMILES string of the molecule is CN=C(NCc1cc(OC)ccc1O)N1CCC(N2CCOCC2)C1. The average Bonchev–Trinajstić information content (AvgIpc) is 3.14. The summed E-state index contributed by atoms with van der Waals surface area (Å²) in [6.07, 6.45) is 1.14. The number of aromatic hydroxyl groups is 1. The minimum atomic E-state index is 0.261. The first-order chi connectivity index (χ1) is 12.2. The number of methoxy groups -OCH3 is 1. The molecular formula is C18H28N4O3. The number of aliphatic imine (C=N–C) groups is 1. The highest BCUT2D eigenvalue weighted by Gasteiger charge is 2.30. The molecule has 0 saturated carbocycles. The predicted octanol–water partition coefficient (Wildman–Crippen LogP) is 0.883. The van der Waals surface area contributed by atoms with Gasteiger partial charge in [-0.1, -0.05) is 0 Å². The van der Waals surface area contributed by atoms with Gasteiger partial charge in [-0.3, -0.25) is 9.89 Å². The Labute approximate surface area is 149 Å². The van der Waals surface area contributed by atoms with Crippen LogP contribution in [0.3, 0.4) is 0 Å². The number of likely N-dealkylation sites (tertiary alicyclic amines) is 1. The summed E-state index contributed by atoms with van der Waals surface area (Å²) in [5, 5.41) is 13.4. The van der Waals surface area contributed by atoms with Crippen molar-refractivity contribution in [1.82, 2.24) is 15.1 Å². The van der Waals surface area contributed by atoms with Crippen LogP contribution < -0.4 is 10.1 Å². The number of hydrogen-bond donors (Lipinski definition) is 2. The Balaban J connectivity index is 1.56. The Kier molecular flexibility index (Phi) is 5.99. The van der Waals surface area contributed by atoms with E-state index in [-0.39, 0.29) is 5.75 Å². The summed E-state index contributed by atoms with van der Waals surface area (Å²) in [6.45, 7) is 6.17. The highest BCUT2D eigenvalue weighted by atomic mass is 16.5. The van der Waals surface area contributed by atoms with Gasteiger partial charge in [-0.15, -0.1) is 0 Å². The molecule has 2 aliphatic heterocycles. The number of phenols is 1. The second-order valence-corrected chi connectivity index (χ2v) is 6.43. The third-order valence-electron chi connectivity index (χ3n) is 4.96. The minimum Gasteiger partial charge on any atom is -0.508 e. The molecular weight excluding hydrogens is 320 g/mol. The van der Waals surface area contributed by atoms with E-state index in [0.29, 0.717) is 12.6 Å². The van der Waals surface area contributed by atoms with E-state index in [0.717, 1.165) is 63.1 Å². The summed E-state index contributed by atoms with van der Waals surface area (Å²) in [4.78, 5) is 9.22. The molecule has 7 heteroatoms. The molecule has 0 aliphatic carbocycles. The van der Waals surface area contributed by atoms with Crippen LogP contribution in [0.1, 0.15) is 12.0 Å².